The van der Waals surface area contributed by atoms with Crippen LogP contribution < -0.4 is 0 Å². The van der Waals surface area contributed by atoms with Gasteiger partial charge < -0.3 is 60.7 Å². The average Bonchev–Trinajstić information content (AvgIpc) is 3.59. The Morgan fingerprint density at radius 2 is 0.791 bits per heavy atom. The highest BCUT2D eigenvalue weighted by molar-refractivity contribution is 5.60. The predicted molar refractivity (Wildman–Crippen MR) is 120 cm³/mol. The highest BCUT2D eigenvalue weighted by atomic mass is 16.7. The van der Waals surface area contributed by atoms with E-state index in [1.165, 1.54) is 0 Å². The number of rotatable bonds is 9. The number of hydrogen-bond donors (Lipinski definition) is 2. The van der Waals surface area contributed by atoms with Crippen LogP contribution >= 0.6 is 0 Å². The molecule has 3 aromatic rings. The molecule has 2 N–H and O–H groups in total. The second kappa shape index (κ2) is 12.9. The van der Waals surface area contributed by atoms with Gasteiger partial charge in [0.2, 0.25) is 0 Å². The molecule has 0 aliphatic rings. The highest BCUT2D eigenvalue weighted by Gasteiger charge is 2.45. The normalized spacial score (nSPS) is 9.79. The van der Waals surface area contributed by atoms with Gasteiger partial charge in [0.1, 0.15) is 7.05 Å². The van der Waals surface area contributed by atoms with E-state index < -0.39 is 96.3 Å². The summed E-state index contributed by atoms with van der Waals surface area (Å²) in [4.78, 5) is 81.7. The summed E-state index contributed by atoms with van der Waals surface area (Å²) in [6, 6.07) is 0. The quantitative estimate of drug-likeness (QED) is 0.240. The first-order valence-corrected chi connectivity index (χ1v) is 9.29. The average molecular weight is 623 g/mol. The molecule has 33 nitrogen and oxygen atoms in total. The first-order chi connectivity index (χ1) is 19.8. The number of nitrogens with zero attached hydrogens (tertiary/aromatic N) is 13. The van der Waals surface area contributed by atoms with Crippen LogP contribution in [0, 0.1) is 91.0 Å². The van der Waals surface area contributed by atoms with Gasteiger partial charge >= 0.3 is 52.0 Å². The van der Waals surface area contributed by atoms with Crippen molar-refractivity contribution in [2.75, 3.05) is 0 Å². The standard InChI is InChI=1S/C4H3N5O6.2C3HN5O6/c1-6-4(9(14)15)2(7(10)11)3(5-6)8(12)13;2*9-6(10)1-2(7(11)12)4-5-3(1)8(13)14/h1H3;2*(H,4,5). The van der Waals surface area contributed by atoms with E-state index in [9.17, 15) is 91.0 Å². The van der Waals surface area contributed by atoms with Crippen molar-refractivity contribution in [3.63, 3.8) is 0 Å². The molecule has 0 radical (unpaired) electrons. The fourth-order valence-corrected chi connectivity index (χ4v) is 2.46. The number of aromatic amines is 2. The zero-order valence-corrected chi connectivity index (χ0v) is 19.7. The van der Waals surface area contributed by atoms with Crippen molar-refractivity contribution in [3.05, 3.63) is 91.0 Å². The van der Waals surface area contributed by atoms with E-state index in [-0.39, 0.29) is 0 Å². The first kappa shape index (κ1) is 33.3. The lowest BCUT2D eigenvalue weighted by molar-refractivity contribution is -0.441. The van der Waals surface area contributed by atoms with Crippen molar-refractivity contribution in [1.82, 2.24) is 30.2 Å². The monoisotopic (exact) mass is 623 g/mol. The zero-order valence-electron chi connectivity index (χ0n) is 19.7. The molecule has 33 heteroatoms. The van der Waals surface area contributed by atoms with Crippen LogP contribution in [0.3, 0.4) is 0 Å². The van der Waals surface area contributed by atoms with E-state index >= 15 is 0 Å². The number of aryl methyl sites for hydroxylation is 1. The first-order valence-electron chi connectivity index (χ1n) is 9.29. The molecule has 0 saturated heterocycles. The summed E-state index contributed by atoms with van der Waals surface area (Å²) in [6.45, 7) is 0. The number of aromatic nitrogens is 6. The van der Waals surface area contributed by atoms with Gasteiger partial charge in [-0.3, -0.25) is 30.3 Å². The van der Waals surface area contributed by atoms with E-state index in [0.29, 0.717) is 4.68 Å². The maximum Gasteiger partial charge on any atom is 0.498 e. The molecular weight excluding hydrogens is 618 g/mol. The number of H-pyrrole nitrogens is 2. The fourth-order valence-electron chi connectivity index (χ4n) is 2.46. The lowest BCUT2D eigenvalue weighted by Crippen LogP contribution is -2.00. The van der Waals surface area contributed by atoms with Crippen LogP contribution in [0.5, 0.6) is 0 Å². The minimum Gasteiger partial charge on any atom is -0.358 e. The maximum absolute atomic E-state index is 10.4. The second-order valence-corrected chi connectivity index (χ2v) is 6.42. The SMILES string of the molecule is Cn1nc([N+](=O)[O-])c([N+](=O)[O-])c1[N+](=O)[O-].O=[N+]([O-])c1n[nH]c([N+](=O)[O-])c1[N+](=O)[O-].O=[N+]([O-])c1n[nH]c([N+](=O)[O-])c1[N+](=O)[O-]. The molecule has 0 atom stereocenters. The Balaban J connectivity index is 0.000000323. The lowest BCUT2D eigenvalue weighted by atomic mass is 10.5. The molecule has 228 valence electrons. The van der Waals surface area contributed by atoms with Crippen LogP contribution in [0.4, 0.5) is 52.0 Å². The minimum atomic E-state index is -1.25. The smallest absolute Gasteiger partial charge is 0.358 e. The summed E-state index contributed by atoms with van der Waals surface area (Å²) in [6.07, 6.45) is 0. The molecule has 0 aromatic carbocycles. The summed E-state index contributed by atoms with van der Waals surface area (Å²) in [5, 5.41) is 104. The van der Waals surface area contributed by atoms with Gasteiger partial charge in [-0.1, -0.05) is 0 Å². The number of nitro groups is 9. The largest absolute Gasteiger partial charge is 0.498 e. The molecule has 0 aliphatic carbocycles. The van der Waals surface area contributed by atoms with E-state index in [0.717, 1.165) is 7.05 Å². The second-order valence-electron chi connectivity index (χ2n) is 6.42. The summed E-state index contributed by atoms with van der Waals surface area (Å²) in [7, 11) is 1.01. The number of nitrogens with one attached hydrogen (secondary N) is 2. The molecule has 3 rings (SSSR count). The van der Waals surface area contributed by atoms with Crippen molar-refractivity contribution in [3.8, 4) is 0 Å². The van der Waals surface area contributed by atoms with Gasteiger partial charge in [0.15, 0.2) is 15.3 Å². The number of hydrogen-bond acceptors (Lipinski definition) is 21. The Morgan fingerprint density at radius 3 is 1.02 bits per heavy atom. The third kappa shape index (κ3) is 7.21. The molecule has 0 amide bonds. The molecule has 3 heterocycles. The van der Waals surface area contributed by atoms with Gasteiger partial charge in [0.05, 0.1) is 14.8 Å². The van der Waals surface area contributed by atoms with Gasteiger partial charge in [0.25, 0.3) is 0 Å². The van der Waals surface area contributed by atoms with Crippen molar-refractivity contribution in [2.45, 2.75) is 0 Å². The third-order valence-corrected chi connectivity index (χ3v) is 3.99. The molecule has 0 spiro atoms. The Morgan fingerprint density at radius 1 is 0.465 bits per heavy atom. The van der Waals surface area contributed by atoms with Crippen LogP contribution in [0.15, 0.2) is 0 Å². The lowest BCUT2D eigenvalue weighted by Gasteiger charge is -1.89. The van der Waals surface area contributed by atoms with Crippen LogP contribution in [-0.4, -0.2) is 74.5 Å². The van der Waals surface area contributed by atoms with Crippen molar-refractivity contribution in [2.24, 2.45) is 7.05 Å². The molecule has 0 aliphatic heterocycles. The topological polar surface area (TPSA) is 463 Å². The van der Waals surface area contributed by atoms with Crippen molar-refractivity contribution in [1.29, 1.82) is 0 Å². The van der Waals surface area contributed by atoms with Gasteiger partial charge in [-0.2, -0.15) is 0 Å². The minimum absolute atomic E-state index is 0.482. The summed E-state index contributed by atoms with van der Waals surface area (Å²) < 4.78 is 0.482. The molecule has 0 unspecified atom stereocenters. The molecule has 0 bridgehead atoms. The van der Waals surface area contributed by atoms with Gasteiger partial charge in [-0.05, 0) is 44.4 Å². The van der Waals surface area contributed by atoms with Crippen LogP contribution in [0.1, 0.15) is 0 Å². The van der Waals surface area contributed by atoms with Crippen molar-refractivity contribution >= 4 is 52.0 Å². The Hall–Kier alpha value is -7.77. The van der Waals surface area contributed by atoms with Gasteiger partial charge in [-0.25, -0.2) is 0 Å². The Labute approximate surface area is 225 Å². The fraction of sp³-hybridized carbons (Fsp3) is 0.100. The third-order valence-electron chi connectivity index (χ3n) is 3.99. The molecule has 3 aromatic heterocycles. The van der Waals surface area contributed by atoms with Crippen molar-refractivity contribution < 1.29 is 44.3 Å². The summed E-state index contributed by atoms with van der Waals surface area (Å²) in [5.41, 5.74) is -3.72. The van der Waals surface area contributed by atoms with Crippen LogP contribution in [0.25, 0.3) is 0 Å². The van der Waals surface area contributed by atoms with Crippen LogP contribution in [-0.2, 0) is 7.05 Å². The predicted octanol–water partition coefficient (Wildman–Crippen LogP) is 0.413. The zero-order chi connectivity index (χ0) is 33.5. The molecular formula is C10H5N15O18. The Kier molecular flexibility index (Phi) is 9.94. The van der Waals surface area contributed by atoms with E-state index in [1.54, 1.807) is 10.2 Å². The van der Waals surface area contributed by atoms with Crippen LogP contribution in [0.2, 0.25) is 0 Å². The van der Waals surface area contributed by atoms with Gasteiger partial charge in [-0.15, -0.1) is 0 Å². The molecule has 0 saturated carbocycles. The van der Waals surface area contributed by atoms with E-state index in [4.69, 9.17) is 0 Å². The highest BCUT2D eigenvalue weighted by Crippen LogP contribution is 2.35. The maximum atomic E-state index is 10.4. The Bertz CT molecular complexity index is 1550. The summed E-state index contributed by atoms with van der Waals surface area (Å²) >= 11 is 0. The summed E-state index contributed by atoms with van der Waals surface area (Å²) in [5.74, 6) is -6.74. The molecule has 43 heavy (non-hydrogen) atoms. The van der Waals surface area contributed by atoms with E-state index in [1.807, 2.05) is 0 Å². The molecule has 0 fully saturated rings. The van der Waals surface area contributed by atoms with E-state index in [2.05, 4.69) is 15.3 Å². The van der Waals surface area contributed by atoms with Gasteiger partial charge in [0, 0.05) is 0 Å².